The first-order valence-corrected chi connectivity index (χ1v) is 7.20. The molecule has 0 atom stereocenters. The third kappa shape index (κ3) is 3.74. The van der Waals surface area contributed by atoms with E-state index in [-0.39, 0.29) is 0 Å². The second-order valence-corrected chi connectivity index (χ2v) is 5.71. The number of hydrogen-bond acceptors (Lipinski definition) is 2. The number of nitrogen functional groups attached to an aromatic ring is 1. The van der Waals surface area contributed by atoms with Gasteiger partial charge in [-0.15, -0.1) is 0 Å². The number of halogens is 1. The van der Waals surface area contributed by atoms with Crippen LogP contribution >= 0.6 is 15.9 Å². The number of benzene rings is 2. The van der Waals surface area contributed by atoms with Crippen molar-refractivity contribution in [2.24, 2.45) is 0 Å². The van der Waals surface area contributed by atoms with Crippen molar-refractivity contribution in [3.63, 3.8) is 0 Å². The van der Waals surface area contributed by atoms with Crippen molar-refractivity contribution in [2.75, 3.05) is 17.6 Å². The molecule has 19 heavy (non-hydrogen) atoms. The molecular formula is C16H19BrN2. The van der Waals surface area contributed by atoms with Crippen molar-refractivity contribution in [1.29, 1.82) is 0 Å². The summed E-state index contributed by atoms with van der Waals surface area (Å²) < 4.78 is 1.01. The van der Waals surface area contributed by atoms with Crippen LogP contribution in [0.4, 0.5) is 11.4 Å². The molecule has 0 aliphatic heterocycles. The lowest BCUT2D eigenvalue weighted by Crippen LogP contribution is -2.06. The van der Waals surface area contributed by atoms with Gasteiger partial charge in [0.15, 0.2) is 0 Å². The maximum absolute atomic E-state index is 5.87. The fraction of sp³-hybridized carbons (Fsp3) is 0.250. The lowest BCUT2D eigenvalue weighted by molar-refractivity contribution is 1.01. The summed E-state index contributed by atoms with van der Waals surface area (Å²) in [5, 5.41) is 3.45. The van der Waals surface area contributed by atoms with Gasteiger partial charge >= 0.3 is 0 Å². The molecule has 2 nitrogen and oxygen atoms in total. The van der Waals surface area contributed by atoms with Crippen LogP contribution in [0.2, 0.25) is 0 Å². The first kappa shape index (κ1) is 13.9. The smallest absolute Gasteiger partial charge is 0.0488 e. The van der Waals surface area contributed by atoms with E-state index in [1.807, 2.05) is 13.0 Å². The summed E-state index contributed by atoms with van der Waals surface area (Å²) >= 11 is 3.54. The third-order valence-corrected chi connectivity index (χ3v) is 3.82. The quantitative estimate of drug-likeness (QED) is 0.825. The molecule has 0 fully saturated rings. The zero-order valence-electron chi connectivity index (χ0n) is 11.3. The maximum Gasteiger partial charge on any atom is 0.0488 e. The second-order valence-electron chi connectivity index (χ2n) is 4.85. The zero-order valence-corrected chi connectivity index (χ0v) is 12.9. The minimum atomic E-state index is 0.816. The lowest BCUT2D eigenvalue weighted by Gasteiger charge is -2.11. The van der Waals surface area contributed by atoms with Crippen molar-refractivity contribution in [2.45, 2.75) is 20.3 Å². The van der Waals surface area contributed by atoms with E-state index >= 15 is 0 Å². The molecular weight excluding hydrogens is 300 g/mol. The monoisotopic (exact) mass is 318 g/mol. The summed E-state index contributed by atoms with van der Waals surface area (Å²) in [6, 6.07) is 12.6. The first-order valence-electron chi connectivity index (χ1n) is 6.41. The Balaban J connectivity index is 1.98. The highest BCUT2D eigenvalue weighted by atomic mass is 79.9. The molecule has 0 heterocycles. The van der Waals surface area contributed by atoms with Gasteiger partial charge in [-0.3, -0.25) is 0 Å². The molecule has 2 rings (SSSR count). The van der Waals surface area contributed by atoms with Crippen molar-refractivity contribution in [1.82, 2.24) is 0 Å². The molecule has 0 radical (unpaired) electrons. The Hall–Kier alpha value is -1.48. The van der Waals surface area contributed by atoms with Crippen LogP contribution in [0.1, 0.15) is 16.7 Å². The molecule has 0 aliphatic rings. The highest BCUT2D eigenvalue weighted by Crippen LogP contribution is 2.27. The van der Waals surface area contributed by atoms with Gasteiger partial charge in [0.2, 0.25) is 0 Å². The van der Waals surface area contributed by atoms with E-state index < -0.39 is 0 Å². The van der Waals surface area contributed by atoms with E-state index in [4.69, 9.17) is 5.73 Å². The fourth-order valence-electron chi connectivity index (χ4n) is 2.04. The summed E-state index contributed by atoms with van der Waals surface area (Å²) in [5.74, 6) is 0. The number of aryl methyl sites for hydroxylation is 2. The summed E-state index contributed by atoms with van der Waals surface area (Å²) in [7, 11) is 0. The molecule has 0 spiro atoms. The normalized spacial score (nSPS) is 10.5. The fourth-order valence-corrected chi connectivity index (χ4v) is 2.54. The van der Waals surface area contributed by atoms with E-state index in [1.165, 1.54) is 11.1 Å². The van der Waals surface area contributed by atoms with Crippen LogP contribution in [-0.4, -0.2) is 6.54 Å². The lowest BCUT2D eigenvalue weighted by atomic mass is 10.1. The topological polar surface area (TPSA) is 38.0 Å². The average Bonchev–Trinajstić information content (AvgIpc) is 2.35. The first-order chi connectivity index (χ1) is 9.06. The van der Waals surface area contributed by atoms with Crippen LogP contribution in [-0.2, 0) is 6.42 Å². The van der Waals surface area contributed by atoms with Crippen molar-refractivity contribution in [3.8, 4) is 0 Å². The van der Waals surface area contributed by atoms with Gasteiger partial charge in [0.05, 0.1) is 0 Å². The molecule has 0 unspecified atom stereocenters. The predicted molar refractivity (Wildman–Crippen MR) is 86.7 cm³/mol. The molecule has 0 aliphatic carbocycles. The highest BCUT2D eigenvalue weighted by molar-refractivity contribution is 9.10. The van der Waals surface area contributed by atoms with Crippen molar-refractivity contribution < 1.29 is 0 Å². The van der Waals surface area contributed by atoms with Gasteiger partial charge in [-0.05, 0) is 59.5 Å². The minimum absolute atomic E-state index is 0.816. The van der Waals surface area contributed by atoms with Crippen LogP contribution < -0.4 is 11.1 Å². The van der Waals surface area contributed by atoms with Crippen LogP contribution in [0, 0.1) is 13.8 Å². The number of rotatable bonds is 4. The standard InChI is InChI=1S/C16H19BrN2/c1-11-4-3-5-13(8-11)6-7-19-16-9-12(2)15(18)10-14(16)17/h3-5,8-10,19H,6-7,18H2,1-2H3. The molecule has 3 N–H and O–H groups in total. The molecule has 2 aromatic carbocycles. The number of hydrogen-bond donors (Lipinski definition) is 2. The van der Waals surface area contributed by atoms with Crippen LogP contribution in [0.5, 0.6) is 0 Å². The van der Waals surface area contributed by atoms with Gasteiger partial charge < -0.3 is 11.1 Å². The molecule has 3 heteroatoms. The average molecular weight is 319 g/mol. The number of nitrogens with two attached hydrogens (primary N) is 1. The SMILES string of the molecule is Cc1cccc(CCNc2cc(C)c(N)cc2Br)c1. The summed E-state index contributed by atoms with van der Waals surface area (Å²) in [5.41, 5.74) is 11.5. The van der Waals surface area contributed by atoms with Gasteiger partial charge in [0.1, 0.15) is 0 Å². The van der Waals surface area contributed by atoms with Gasteiger partial charge in [-0.25, -0.2) is 0 Å². The minimum Gasteiger partial charge on any atom is -0.398 e. The van der Waals surface area contributed by atoms with E-state index in [1.54, 1.807) is 0 Å². The van der Waals surface area contributed by atoms with Crippen molar-refractivity contribution in [3.05, 3.63) is 57.6 Å². The van der Waals surface area contributed by atoms with E-state index in [0.717, 1.165) is 34.4 Å². The van der Waals surface area contributed by atoms with Gasteiger partial charge in [0.25, 0.3) is 0 Å². The molecule has 0 aromatic heterocycles. The molecule has 0 saturated carbocycles. The second kappa shape index (κ2) is 6.11. The molecule has 0 bridgehead atoms. The summed E-state index contributed by atoms with van der Waals surface area (Å²) in [4.78, 5) is 0. The molecule has 2 aromatic rings. The highest BCUT2D eigenvalue weighted by Gasteiger charge is 2.03. The zero-order chi connectivity index (χ0) is 13.8. The van der Waals surface area contributed by atoms with Gasteiger partial charge in [-0.1, -0.05) is 29.8 Å². The van der Waals surface area contributed by atoms with Crippen LogP contribution in [0.25, 0.3) is 0 Å². The Bertz CT molecular complexity index is 579. The Morgan fingerprint density at radius 2 is 1.95 bits per heavy atom. The van der Waals surface area contributed by atoms with E-state index in [9.17, 15) is 0 Å². The van der Waals surface area contributed by atoms with Gasteiger partial charge in [0, 0.05) is 22.4 Å². The van der Waals surface area contributed by atoms with Crippen molar-refractivity contribution >= 4 is 27.3 Å². The number of nitrogens with one attached hydrogen (secondary N) is 1. The predicted octanol–water partition coefficient (Wildman–Crippen LogP) is 4.30. The third-order valence-electron chi connectivity index (χ3n) is 3.17. The van der Waals surface area contributed by atoms with Crippen LogP contribution in [0.15, 0.2) is 40.9 Å². The summed E-state index contributed by atoms with van der Waals surface area (Å²) in [6.45, 7) is 5.05. The molecule has 100 valence electrons. The summed E-state index contributed by atoms with van der Waals surface area (Å²) in [6.07, 6.45) is 1.01. The van der Waals surface area contributed by atoms with E-state index in [0.29, 0.717) is 0 Å². The van der Waals surface area contributed by atoms with Crippen LogP contribution in [0.3, 0.4) is 0 Å². The Kier molecular flexibility index (Phi) is 4.48. The Morgan fingerprint density at radius 1 is 1.16 bits per heavy atom. The largest absolute Gasteiger partial charge is 0.398 e. The molecule has 0 amide bonds. The number of anilines is 2. The molecule has 0 saturated heterocycles. The maximum atomic E-state index is 5.87. The Morgan fingerprint density at radius 3 is 2.68 bits per heavy atom. The van der Waals surface area contributed by atoms with Gasteiger partial charge in [-0.2, -0.15) is 0 Å². The Labute approximate surface area is 123 Å². The van der Waals surface area contributed by atoms with E-state index in [2.05, 4.69) is 58.5 Å².